The SMILES string of the molecule is [CH2]C(=O)CCCCCC/C=C\CCCCCCCC. The molecule has 1 heteroatoms. The largest absolute Gasteiger partial charge is 0.300 e. The average Bonchev–Trinajstić information content (AvgIpc) is 2.39. The van der Waals surface area contributed by atoms with Gasteiger partial charge in [-0.15, -0.1) is 0 Å². The van der Waals surface area contributed by atoms with Crippen LogP contribution in [-0.2, 0) is 4.79 Å². The summed E-state index contributed by atoms with van der Waals surface area (Å²) in [6, 6.07) is 0. The second-order valence-electron chi connectivity index (χ2n) is 5.52. The lowest BCUT2D eigenvalue weighted by Crippen LogP contribution is -1.89. The van der Waals surface area contributed by atoms with Gasteiger partial charge in [0.2, 0.25) is 0 Å². The van der Waals surface area contributed by atoms with Gasteiger partial charge in [0.1, 0.15) is 5.78 Å². The summed E-state index contributed by atoms with van der Waals surface area (Å²) < 4.78 is 0. The fourth-order valence-electron chi connectivity index (χ4n) is 2.22. The topological polar surface area (TPSA) is 17.1 Å². The van der Waals surface area contributed by atoms with Gasteiger partial charge in [0.25, 0.3) is 0 Å². The first-order valence-electron chi connectivity index (χ1n) is 8.27. The standard InChI is InChI=1S/C18H33O/c1-3-4-5-6-7-8-9-10-11-12-13-14-15-16-17-18(2)19/h10-11H,2-9,12-17H2,1H3/b11-10-. The van der Waals surface area contributed by atoms with Crippen molar-refractivity contribution >= 4 is 5.78 Å². The Morgan fingerprint density at radius 2 is 1.26 bits per heavy atom. The molecule has 0 aliphatic heterocycles. The van der Waals surface area contributed by atoms with E-state index in [1.807, 2.05) is 0 Å². The molecule has 1 nitrogen and oxygen atoms in total. The summed E-state index contributed by atoms with van der Waals surface area (Å²) in [6.45, 7) is 5.65. The summed E-state index contributed by atoms with van der Waals surface area (Å²) in [5, 5.41) is 0. The van der Waals surface area contributed by atoms with Gasteiger partial charge in [0.05, 0.1) is 0 Å². The summed E-state index contributed by atoms with van der Waals surface area (Å²) >= 11 is 0. The molecule has 1 radical (unpaired) electrons. The van der Waals surface area contributed by atoms with Crippen molar-refractivity contribution in [1.29, 1.82) is 0 Å². The van der Waals surface area contributed by atoms with Crippen LogP contribution in [0.25, 0.3) is 0 Å². The van der Waals surface area contributed by atoms with Gasteiger partial charge in [-0.05, 0) is 32.1 Å². The van der Waals surface area contributed by atoms with Crippen LogP contribution in [0.4, 0.5) is 0 Å². The number of allylic oxidation sites excluding steroid dienone is 2. The summed E-state index contributed by atoms with van der Waals surface area (Å²) in [7, 11) is 0. The van der Waals surface area contributed by atoms with Gasteiger partial charge in [-0.1, -0.05) is 64.0 Å². The van der Waals surface area contributed by atoms with E-state index in [0.29, 0.717) is 6.42 Å². The minimum atomic E-state index is 0.0823. The van der Waals surface area contributed by atoms with Crippen molar-refractivity contribution < 1.29 is 4.79 Å². The van der Waals surface area contributed by atoms with E-state index in [9.17, 15) is 4.79 Å². The molecule has 0 spiro atoms. The van der Waals surface area contributed by atoms with E-state index in [-0.39, 0.29) is 5.78 Å². The molecule has 0 bridgehead atoms. The Hall–Kier alpha value is -0.590. The van der Waals surface area contributed by atoms with Crippen LogP contribution in [0.5, 0.6) is 0 Å². The fraction of sp³-hybridized carbons (Fsp3) is 0.778. The third-order valence-electron chi connectivity index (χ3n) is 3.47. The molecule has 0 aromatic rings. The van der Waals surface area contributed by atoms with Gasteiger partial charge >= 0.3 is 0 Å². The molecule has 0 rings (SSSR count). The van der Waals surface area contributed by atoms with Crippen molar-refractivity contribution in [3.8, 4) is 0 Å². The van der Waals surface area contributed by atoms with E-state index in [1.54, 1.807) is 0 Å². The van der Waals surface area contributed by atoms with Crippen LogP contribution in [0.2, 0.25) is 0 Å². The quantitative estimate of drug-likeness (QED) is 0.276. The number of hydrogen-bond acceptors (Lipinski definition) is 1. The highest BCUT2D eigenvalue weighted by atomic mass is 16.1. The zero-order chi connectivity index (χ0) is 14.2. The molecule has 0 aliphatic rings. The number of carbonyl (C=O) groups is 1. The molecule has 0 saturated carbocycles. The molecule has 0 atom stereocenters. The molecule has 0 N–H and O–H groups in total. The van der Waals surface area contributed by atoms with Gasteiger partial charge in [0.15, 0.2) is 0 Å². The molecule has 0 saturated heterocycles. The Labute approximate surface area is 120 Å². The molecule has 0 fully saturated rings. The molecule has 0 aliphatic carbocycles. The summed E-state index contributed by atoms with van der Waals surface area (Å²) in [5.41, 5.74) is 0. The van der Waals surface area contributed by atoms with Crippen molar-refractivity contribution in [1.82, 2.24) is 0 Å². The summed E-state index contributed by atoms with van der Waals surface area (Å²) in [6.07, 6.45) is 20.8. The molecule has 0 unspecified atom stereocenters. The van der Waals surface area contributed by atoms with Crippen LogP contribution in [0.15, 0.2) is 12.2 Å². The number of carbonyl (C=O) groups excluding carboxylic acids is 1. The Balaban J connectivity index is 3.07. The number of hydrogen-bond donors (Lipinski definition) is 0. The van der Waals surface area contributed by atoms with Crippen molar-refractivity contribution in [3.05, 3.63) is 19.1 Å². The lowest BCUT2D eigenvalue weighted by atomic mass is 10.1. The first-order valence-corrected chi connectivity index (χ1v) is 8.27. The maximum atomic E-state index is 10.6. The predicted octanol–water partition coefficient (Wildman–Crippen LogP) is 6.04. The Bertz CT molecular complexity index is 218. The van der Waals surface area contributed by atoms with Crippen LogP contribution in [0.3, 0.4) is 0 Å². The zero-order valence-corrected chi connectivity index (χ0v) is 13.0. The van der Waals surface area contributed by atoms with Crippen LogP contribution >= 0.6 is 0 Å². The number of Topliss-reactive ketones (excluding diaryl/α,β-unsaturated/α-hetero) is 1. The van der Waals surface area contributed by atoms with Gasteiger partial charge < -0.3 is 0 Å². The van der Waals surface area contributed by atoms with E-state index in [0.717, 1.165) is 6.42 Å². The molecule has 0 heterocycles. The minimum Gasteiger partial charge on any atom is -0.300 e. The van der Waals surface area contributed by atoms with E-state index in [1.165, 1.54) is 70.6 Å². The monoisotopic (exact) mass is 265 g/mol. The third-order valence-corrected chi connectivity index (χ3v) is 3.47. The van der Waals surface area contributed by atoms with Crippen molar-refractivity contribution in [2.45, 2.75) is 90.4 Å². The van der Waals surface area contributed by atoms with Crippen molar-refractivity contribution in [2.75, 3.05) is 0 Å². The zero-order valence-electron chi connectivity index (χ0n) is 13.0. The molecule has 0 aromatic heterocycles. The highest BCUT2D eigenvalue weighted by molar-refractivity contribution is 5.82. The van der Waals surface area contributed by atoms with E-state index < -0.39 is 0 Å². The lowest BCUT2D eigenvalue weighted by Gasteiger charge is -1.98. The van der Waals surface area contributed by atoms with Crippen LogP contribution < -0.4 is 0 Å². The first-order chi connectivity index (χ1) is 9.27. The second kappa shape index (κ2) is 15.5. The molecular weight excluding hydrogens is 232 g/mol. The van der Waals surface area contributed by atoms with Crippen molar-refractivity contribution in [3.63, 3.8) is 0 Å². The molecule has 0 amide bonds. The Morgan fingerprint density at radius 1 is 0.789 bits per heavy atom. The Morgan fingerprint density at radius 3 is 1.79 bits per heavy atom. The van der Waals surface area contributed by atoms with Crippen molar-refractivity contribution in [2.24, 2.45) is 0 Å². The number of unbranched alkanes of at least 4 members (excludes halogenated alkanes) is 10. The molecular formula is C18H33O. The fourth-order valence-corrected chi connectivity index (χ4v) is 2.22. The van der Waals surface area contributed by atoms with Crippen LogP contribution in [0, 0.1) is 6.92 Å². The van der Waals surface area contributed by atoms with E-state index in [2.05, 4.69) is 26.0 Å². The number of rotatable bonds is 14. The van der Waals surface area contributed by atoms with Gasteiger partial charge in [-0.2, -0.15) is 0 Å². The van der Waals surface area contributed by atoms with Gasteiger partial charge in [-0.25, -0.2) is 0 Å². The highest BCUT2D eigenvalue weighted by Crippen LogP contribution is 2.09. The maximum absolute atomic E-state index is 10.6. The lowest BCUT2D eigenvalue weighted by molar-refractivity contribution is -0.114. The van der Waals surface area contributed by atoms with Crippen LogP contribution in [0.1, 0.15) is 90.4 Å². The smallest absolute Gasteiger partial charge is 0.133 e. The van der Waals surface area contributed by atoms with E-state index in [4.69, 9.17) is 0 Å². The molecule has 111 valence electrons. The number of ketones is 1. The van der Waals surface area contributed by atoms with Crippen LogP contribution in [-0.4, -0.2) is 5.78 Å². The minimum absolute atomic E-state index is 0.0823. The van der Waals surface area contributed by atoms with Gasteiger partial charge in [-0.3, -0.25) is 4.79 Å². The highest BCUT2D eigenvalue weighted by Gasteiger charge is 1.93. The molecule has 19 heavy (non-hydrogen) atoms. The summed E-state index contributed by atoms with van der Waals surface area (Å²) in [5.74, 6) is 0.0823. The van der Waals surface area contributed by atoms with Gasteiger partial charge in [0, 0.05) is 13.3 Å². The first kappa shape index (κ1) is 18.4. The summed E-state index contributed by atoms with van der Waals surface area (Å²) in [4.78, 5) is 10.6. The third kappa shape index (κ3) is 17.4. The molecule has 0 aromatic carbocycles. The Kier molecular flexibility index (Phi) is 15.0. The van der Waals surface area contributed by atoms with E-state index >= 15 is 0 Å². The normalized spacial score (nSPS) is 11.3. The second-order valence-corrected chi connectivity index (χ2v) is 5.52. The average molecular weight is 265 g/mol. The maximum Gasteiger partial charge on any atom is 0.133 e. The predicted molar refractivity (Wildman–Crippen MR) is 85.2 cm³/mol.